The van der Waals surface area contributed by atoms with Gasteiger partial charge in [0.2, 0.25) is 5.91 Å². The number of aromatic nitrogens is 2. The molecule has 0 bridgehead atoms. The summed E-state index contributed by atoms with van der Waals surface area (Å²) in [6.07, 6.45) is 3.65. The normalized spacial score (nSPS) is 17.6. The Morgan fingerprint density at radius 2 is 1.91 bits per heavy atom. The van der Waals surface area contributed by atoms with Gasteiger partial charge in [-0.05, 0) is 60.5 Å². The third-order valence-corrected chi connectivity index (χ3v) is 6.13. The lowest BCUT2D eigenvalue weighted by molar-refractivity contribution is -0.115. The van der Waals surface area contributed by atoms with Crippen LogP contribution in [0, 0.1) is 0 Å². The number of methoxy groups -OCH3 is 1. The topological polar surface area (TPSA) is 79.0 Å². The number of anilines is 1. The third kappa shape index (κ3) is 5.56. The van der Waals surface area contributed by atoms with Gasteiger partial charge in [-0.15, -0.1) is 0 Å². The van der Waals surface area contributed by atoms with Crippen LogP contribution in [0.1, 0.15) is 60.4 Å². The second-order valence-corrected chi connectivity index (χ2v) is 8.57. The fourth-order valence-corrected chi connectivity index (χ4v) is 4.23. The molecule has 1 amide bonds. The highest BCUT2D eigenvalue weighted by Gasteiger charge is 2.33. The molecule has 1 aromatic heterocycles. The van der Waals surface area contributed by atoms with Gasteiger partial charge in [0.25, 0.3) is 0 Å². The Balaban J connectivity index is 1.27. The van der Waals surface area contributed by atoms with Crippen LogP contribution >= 0.6 is 0 Å². The van der Waals surface area contributed by atoms with Gasteiger partial charge in [-0.2, -0.15) is 5.10 Å². The Morgan fingerprint density at radius 3 is 2.66 bits per heavy atom. The highest BCUT2D eigenvalue weighted by Crippen LogP contribution is 2.47. The smallest absolute Gasteiger partial charge is 0.229 e. The summed E-state index contributed by atoms with van der Waals surface area (Å²) in [6.45, 7) is 4.16. The number of H-pyrrole nitrogens is 1. The van der Waals surface area contributed by atoms with Crippen molar-refractivity contribution in [2.45, 2.75) is 51.0 Å². The predicted octanol–water partition coefficient (Wildman–Crippen LogP) is 4.76. The van der Waals surface area contributed by atoms with E-state index in [0.717, 1.165) is 49.4 Å². The molecule has 0 radical (unpaired) electrons. The highest BCUT2D eigenvalue weighted by molar-refractivity contribution is 5.91. The lowest BCUT2D eigenvalue weighted by Gasteiger charge is -2.34. The molecular weight excluding hydrogens is 400 g/mol. The van der Waals surface area contributed by atoms with E-state index in [2.05, 4.69) is 52.0 Å². The first-order chi connectivity index (χ1) is 15.6. The number of aromatic amines is 1. The molecule has 1 aliphatic rings. The van der Waals surface area contributed by atoms with Crippen LogP contribution in [0.5, 0.6) is 5.75 Å². The number of nitrogens with one attached hydrogen (secondary N) is 3. The highest BCUT2D eigenvalue weighted by atomic mass is 16.5. The molecule has 1 fully saturated rings. The van der Waals surface area contributed by atoms with Crippen LogP contribution in [0.3, 0.4) is 0 Å². The fourth-order valence-electron chi connectivity index (χ4n) is 4.23. The molecule has 1 aliphatic carbocycles. The molecule has 1 saturated carbocycles. The van der Waals surface area contributed by atoms with Crippen molar-refractivity contribution in [2.24, 2.45) is 0 Å². The molecule has 2 aromatic carbocycles. The monoisotopic (exact) mass is 432 g/mol. The van der Waals surface area contributed by atoms with Crippen molar-refractivity contribution >= 4 is 11.7 Å². The lowest BCUT2D eigenvalue weighted by Crippen LogP contribution is -2.21. The van der Waals surface area contributed by atoms with E-state index in [1.807, 2.05) is 30.3 Å². The van der Waals surface area contributed by atoms with Crippen molar-refractivity contribution in [3.05, 3.63) is 77.0 Å². The van der Waals surface area contributed by atoms with Crippen LogP contribution in [0.25, 0.3) is 0 Å². The van der Waals surface area contributed by atoms with E-state index in [-0.39, 0.29) is 5.91 Å². The summed E-state index contributed by atoms with van der Waals surface area (Å²) in [5.74, 6) is 2.39. The van der Waals surface area contributed by atoms with Gasteiger partial charge in [0.1, 0.15) is 11.6 Å². The van der Waals surface area contributed by atoms with Crippen molar-refractivity contribution in [1.82, 2.24) is 15.5 Å². The van der Waals surface area contributed by atoms with E-state index in [1.54, 1.807) is 7.11 Å². The summed E-state index contributed by atoms with van der Waals surface area (Å²) < 4.78 is 5.16. The molecular formula is C26H32N4O2. The van der Waals surface area contributed by atoms with E-state index in [4.69, 9.17) is 4.74 Å². The average molecular weight is 433 g/mol. The summed E-state index contributed by atoms with van der Waals surface area (Å²) in [4.78, 5) is 12.4. The number of rotatable bonds is 10. The van der Waals surface area contributed by atoms with Crippen LogP contribution in [-0.4, -0.2) is 29.8 Å². The lowest BCUT2D eigenvalue weighted by atomic mass is 9.70. The summed E-state index contributed by atoms with van der Waals surface area (Å²) in [7, 11) is 1.63. The number of ether oxygens (including phenoxy) is 1. The Hall–Kier alpha value is -3.12. The molecule has 0 unspecified atom stereocenters. The van der Waals surface area contributed by atoms with Crippen molar-refractivity contribution in [1.29, 1.82) is 0 Å². The molecule has 0 atom stereocenters. The van der Waals surface area contributed by atoms with Gasteiger partial charge in [0.15, 0.2) is 0 Å². The van der Waals surface area contributed by atoms with Gasteiger partial charge < -0.3 is 15.4 Å². The number of carbonyl (C=O) groups is 1. The Labute approximate surface area is 189 Å². The zero-order valence-corrected chi connectivity index (χ0v) is 18.9. The van der Waals surface area contributed by atoms with Gasteiger partial charge >= 0.3 is 0 Å². The number of nitrogens with zero attached hydrogens (tertiary/aromatic N) is 1. The Bertz CT molecular complexity index is 1020. The van der Waals surface area contributed by atoms with E-state index in [9.17, 15) is 4.79 Å². The fraction of sp³-hybridized carbons (Fsp3) is 0.385. The largest absolute Gasteiger partial charge is 0.497 e. The van der Waals surface area contributed by atoms with Gasteiger partial charge in [-0.3, -0.25) is 9.89 Å². The molecule has 6 heteroatoms. The zero-order chi connectivity index (χ0) is 22.3. The molecule has 0 spiro atoms. The summed E-state index contributed by atoms with van der Waals surface area (Å²) in [5.41, 5.74) is 4.74. The number of carbonyl (C=O) groups excluding carboxylic acids is 1. The molecule has 3 N–H and O–H groups in total. The minimum Gasteiger partial charge on any atom is -0.497 e. The van der Waals surface area contributed by atoms with Crippen LogP contribution in [0.4, 0.5) is 5.82 Å². The summed E-state index contributed by atoms with van der Waals surface area (Å²) >= 11 is 0. The number of hydrogen-bond donors (Lipinski definition) is 3. The zero-order valence-electron chi connectivity index (χ0n) is 18.9. The molecule has 6 nitrogen and oxygen atoms in total. The molecule has 3 aromatic rings. The van der Waals surface area contributed by atoms with Gasteiger partial charge in [-0.25, -0.2) is 0 Å². The summed E-state index contributed by atoms with van der Waals surface area (Å²) in [5, 5.41) is 13.8. The maximum absolute atomic E-state index is 12.4. The number of hydrogen-bond acceptors (Lipinski definition) is 4. The van der Waals surface area contributed by atoms with Crippen LogP contribution < -0.4 is 15.4 Å². The molecule has 0 saturated heterocycles. The average Bonchev–Trinajstić information content (AvgIpc) is 3.21. The van der Waals surface area contributed by atoms with Gasteiger partial charge in [0.05, 0.1) is 19.2 Å². The minimum atomic E-state index is -0.0645. The minimum absolute atomic E-state index is 0.0645. The van der Waals surface area contributed by atoms with Crippen molar-refractivity contribution in [2.75, 3.05) is 19.0 Å². The standard InChI is InChI=1S/C26H32N4O2/c1-3-11-27-17-19-5-4-6-20(12-19)21-14-22(15-21)24-16-25(30-29-24)28-26(31)13-18-7-9-23(32-2)10-8-18/h4-10,12,16,21-22,27H,3,11,13-15,17H2,1-2H3,(H2,28,29,30,31)/t21-,22+. The van der Waals surface area contributed by atoms with Crippen molar-refractivity contribution < 1.29 is 9.53 Å². The van der Waals surface area contributed by atoms with Crippen LogP contribution in [0.2, 0.25) is 0 Å². The first-order valence-electron chi connectivity index (χ1n) is 11.4. The molecule has 4 rings (SSSR count). The van der Waals surface area contributed by atoms with Crippen LogP contribution in [-0.2, 0) is 17.8 Å². The second-order valence-electron chi connectivity index (χ2n) is 8.57. The van der Waals surface area contributed by atoms with Crippen molar-refractivity contribution in [3.8, 4) is 5.75 Å². The molecule has 0 aliphatic heterocycles. The molecule has 168 valence electrons. The van der Waals surface area contributed by atoms with Crippen LogP contribution in [0.15, 0.2) is 54.6 Å². The van der Waals surface area contributed by atoms with Gasteiger partial charge in [0, 0.05) is 18.5 Å². The first-order valence-corrected chi connectivity index (χ1v) is 11.4. The number of benzene rings is 2. The Kier molecular flexibility index (Phi) is 7.22. The van der Waals surface area contributed by atoms with E-state index in [0.29, 0.717) is 24.1 Å². The third-order valence-electron chi connectivity index (χ3n) is 6.13. The molecule has 1 heterocycles. The van der Waals surface area contributed by atoms with E-state index < -0.39 is 0 Å². The molecule has 32 heavy (non-hydrogen) atoms. The maximum atomic E-state index is 12.4. The quantitative estimate of drug-likeness (QED) is 0.404. The number of amides is 1. The van der Waals surface area contributed by atoms with E-state index >= 15 is 0 Å². The van der Waals surface area contributed by atoms with Gasteiger partial charge in [-0.1, -0.05) is 43.3 Å². The van der Waals surface area contributed by atoms with E-state index in [1.165, 1.54) is 11.1 Å². The second kappa shape index (κ2) is 10.5. The first kappa shape index (κ1) is 22.1. The Morgan fingerprint density at radius 1 is 1.09 bits per heavy atom. The summed E-state index contributed by atoms with van der Waals surface area (Å²) in [6, 6.07) is 18.4. The SMILES string of the molecule is CCCNCc1cccc([C@H]2C[C@@H](c3cc(NC(=O)Cc4ccc(OC)cc4)[nH]n3)C2)c1. The maximum Gasteiger partial charge on any atom is 0.229 e. The predicted molar refractivity (Wildman–Crippen MR) is 127 cm³/mol. The van der Waals surface area contributed by atoms with Crippen molar-refractivity contribution in [3.63, 3.8) is 0 Å².